The number of ether oxygens (including phenoxy) is 2. The minimum atomic E-state index is -1.06. The third kappa shape index (κ3) is 4.54. The molecule has 2 aromatic carbocycles. The number of hydrogen-bond acceptors (Lipinski definition) is 4. The summed E-state index contributed by atoms with van der Waals surface area (Å²) in [6.45, 7) is 1.44. The van der Waals surface area contributed by atoms with Gasteiger partial charge in [0.1, 0.15) is 5.82 Å². The van der Waals surface area contributed by atoms with Gasteiger partial charge >= 0.3 is 5.97 Å². The Kier molecular flexibility index (Phi) is 5.30. The molecule has 0 aliphatic rings. The Bertz CT molecular complexity index is 713. The zero-order valence-corrected chi connectivity index (χ0v) is 12.7. The highest BCUT2D eigenvalue weighted by atomic mass is 19.1. The van der Waals surface area contributed by atoms with Crippen molar-refractivity contribution in [2.24, 2.45) is 4.99 Å². The first-order valence-electron chi connectivity index (χ1n) is 6.86. The first kappa shape index (κ1) is 16.5. The summed E-state index contributed by atoms with van der Waals surface area (Å²) in [6, 6.07) is 10.8. The number of carboxylic acids is 1. The van der Waals surface area contributed by atoms with E-state index >= 15 is 0 Å². The van der Waals surface area contributed by atoms with Crippen LogP contribution in [0.2, 0.25) is 0 Å². The molecule has 0 aliphatic carbocycles. The van der Waals surface area contributed by atoms with Gasteiger partial charge in [-0.25, -0.2) is 9.18 Å². The summed E-state index contributed by atoms with van der Waals surface area (Å²) in [6.07, 6.45) is 0.614. The summed E-state index contributed by atoms with van der Waals surface area (Å²) in [7, 11) is 1.47. The molecule has 0 saturated heterocycles. The van der Waals surface area contributed by atoms with Gasteiger partial charge in [0.2, 0.25) is 0 Å². The molecule has 0 bridgehead atoms. The number of rotatable bonds is 6. The van der Waals surface area contributed by atoms with E-state index < -0.39 is 12.1 Å². The van der Waals surface area contributed by atoms with Crippen LogP contribution in [-0.4, -0.2) is 30.5 Å². The molecule has 23 heavy (non-hydrogen) atoms. The molecule has 120 valence electrons. The molecule has 0 aliphatic heterocycles. The van der Waals surface area contributed by atoms with Crippen LogP contribution in [0.1, 0.15) is 12.5 Å². The Labute approximate surface area is 133 Å². The van der Waals surface area contributed by atoms with E-state index in [-0.39, 0.29) is 5.82 Å². The lowest BCUT2D eigenvalue weighted by Crippen LogP contribution is -2.23. The summed E-state index contributed by atoms with van der Waals surface area (Å²) in [5, 5.41) is 8.88. The summed E-state index contributed by atoms with van der Waals surface area (Å²) in [5.74, 6) is -0.642. The van der Waals surface area contributed by atoms with Gasteiger partial charge in [-0.15, -0.1) is 0 Å². The molecule has 1 N–H and O–H groups in total. The minimum absolute atomic E-state index is 0.320. The summed E-state index contributed by atoms with van der Waals surface area (Å²) in [5.41, 5.74) is 1.35. The van der Waals surface area contributed by atoms with E-state index in [9.17, 15) is 9.18 Å². The van der Waals surface area contributed by atoms with Gasteiger partial charge in [0, 0.05) is 6.21 Å². The zero-order chi connectivity index (χ0) is 16.8. The highest BCUT2D eigenvalue weighted by molar-refractivity contribution is 5.83. The van der Waals surface area contributed by atoms with Crippen molar-refractivity contribution >= 4 is 17.9 Å². The summed E-state index contributed by atoms with van der Waals surface area (Å²) >= 11 is 0. The van der Waals surface area contributed by atoms with Crippen LogP contribution in [0.15, 0.2) is 47.5 Å². The number of hydrogen-bond donors (Lipinski definition) is 1. The molecule has 2 aromatic rings. The maximum atomic E-state index is 12.8. The van der Waals surface area contributed by atoms with Crippen LogP contribution in [0.5, 0.6) is 11.5 Å². The number of halogens is 1. The van der Waals surface area contributed by atoms with Crippen molar-refractivity contribution in [3.63, 3.8) is 0 Å². The highest BCUT2D eigenvalue weighted by Gasteiger charge is 2.15. The number of aliphatic imine (C=N–C) groups is 1. The van der Waals surface area contributed by atoms with E-state index in [2.05, 4.69) is 4.99 Å². The van der Waals surface area contributed by atoms with Crippen molar-refractivity contribution in [1.29, 1.82) is 0 Å². The van der Waals surface area contributed by atoms with Crippen molar-refractivity contribution in [2.75, 3.05) is 7.11 Å². The maximum Gasteiger partial charge on any atom is 0.344 e. The topological polar surface area (TPSA) is 68.1 Å². The molecule has 0 unspecified atom stereocenters. The second-order valence-corrected chi connectivity index (χ2v) is 4.74. The molecule has 5 nitrogen and oxygen atoms in total. The molecule has 0 amide bonds. The Morgan fingerprint density at radius 3 is 2.52 bits per heavy atom. The maximum absolute atomic E-state index is 12.8. The van der Waals surface area contributed by atoms with E-state index in [4.69, 9.17) is 14.6 Å². The fraction of sp³-hybridized carbons (Fsp3) is 0.176. The predicted octanol–water partition coefficient (Wildman–Crippen LogP) is 3.44. The standard InChI is InChI=1S/C17H16FNO4/c1-11(17(20)21)23-15-8-3-12(9-16(15)22-2)10-19-14-6-4-13(18)5-7-14/h3-11H,1-2H3,(H,20,21)/t11-/m0/s1. The number of methoxy groups -OCH3 is 1. The average Bonchev–Trinajstić information content (AvgIpc) is 2.55. The molecule has 0 heterocycles. The predicted molar refractivity (Wildman–Crippen MR) is 84.4 cm³/mol. The van der Waals surface area contributed by atoms with Gasteiger partial charge in [-0.2, -0.15) is 0 Å². The first-order chi connectivity index (χ1) is 11.0. The normalized spacial score (nSPS) is 12.1. The zero-order valence-electron chi connectivity index (χ0n) is 12.7. The lowest BCUT2D eigenvalue weighted by molar-refractivity contribution is -0.144. The molecule has 2 rings (SSSR count). The first-order valence-corrected chi connectivity index (χ1v) is 6.86. The highest BCUT2D eigenvalue weighted by Crippen LogP contribution is 2.28. The molecule has 1 atom stereocenters. The van der Waals surface area contributed by atoms with Gasteiger partial charge in [0.25, 0.3) is 0 Å². The largest absolute Gasteiger partial charge is 0.493 e. The molecule has 0 saturated carbocycles. The Morgan fingerprint density at radius 1 is 1.22 bits per heavy atom. The number of nitrogens with zero attached hydrogens (tertiary/aromatic N) is 1. The molecular formula is C17H16FNO4. The van der Waals surface area contributed by atoms with Gasteiger partial charge in [-0.3, -0.25) is 4.99 Å². The third-order valence-electron chi connectivity index (χ3n) is 3.03. The Balaban J connectivity index is 2.18. The van der Waals surface area contributed by atoms with Crippen LogP contribution < -0.4 is 9.47 Å². The van der Waals surface area contributed by atoms with Crippen LogP contribution in [-0.2, 0) is 4.79 Å². The van der Waals surface area contributed by atoms with Gasteiger partial charge in [-0.1, -0.05) is 0 Å². The summed E-state index contributed by atoms with van der Waals surface area (Å²) in [4.78, 5) is 15.1. The van der Waals surface area contributed by atoms with Crippen LogP contribution >= 0.6 is 0 Å². The number of carboxylic acid groups (broad SMARTS) is 1. The van der Waals surface area contributed by atoms with Crippen LogP contribution in [0.4, 0.5) is 10.1 Å². The molecular weight excluding hydrogens is 301 g/mol. The van der Waals surface area contributed by atoms with E-state index in [0.29, 0.717) is 17.2 Å². The molecule has 0 aromatic heterocycles. The number of carbonyl (C=O) groups is 1. The van der Waals surface area contributed by atoms with E-state index in [1.807, 2.05) is 0 Å². The molecule has 0 radical (unpaired) electrons. The SMILES string of the molecule is COc1cc(C=Nc2ccc(F)cc2)ccc1O[C@@H](C)C(=O)O. The van der Waals surface area contributed by atoms with Crippen molar-refractivity contribution in [2.45, 2.75) is 13.0 Å². The van der Waals surface area contributed by atoms with Crippen molar-refractivity contribution < 1.29 is 23.8 Å². The monoisotopic (exact) mass is 317 g/mol. The second kappa shape index (κ2) is 7.40. The van der Waals surface area contributed by atoms with Crippen LogP contribution in [0.3, 0.4) is 0 Å². The molecule has 0 spiro atoms. The molecule has 6 heteroatoms. The third-order valence-corrected chi connectivity index (χ3v) is 3.03. The number of benzene rings is 2. The van der Waals surface area contributed by atoms with E-state index in [1.165, 1.54) is 26.2 Å². The minimum Gasteiger partial charge on any atom is -0.493 e. The van der Waals surface area contributed by atoms with Crippen molar-refractivity contribution in [1.82, 2.24) is 0 Å². The Morgan fingerprint density at radius 2 is 1.91 bits per heavy atom. The van der Waals surface area contributed by atoms with Gasteiger partial charge in [0.05, 0.1) is 12.8 Å². The Hall–Kier alpha value is -2.89. The van der Waals surface area contributed by atoms with Gasteiger partial charge in [-0.05, 0) is 55.0 Å². The van der Waals surface area contributed by atoms with Crippen molar-refractivity contribution in [3.8, 4) is 11.5 Å². The fourth-order valence-corrected chi connectivity index (χ4v) is 1.78. The average molecular weight is 317 g/mol. The number of aliphatic carboxylic acids is 1. The van der Waals surface area contributed by atoms with Gasteiger partial charge < -0.3 is 14.6 Å². The van der Waals surface area contributed by atoms with Crippen LogP contribution in [0.25, 0.3) is 0 Å². The van der Waals surface area contributed by atoms with Gasteiger partial charge in [0.15, 0.2) is 17.6 Å². The smallest absolute Gasteiger partial charge is 0.344 e. The quantitative estimate of drug-likeness (QED) is 0.829. The van der Waals surface area contributed by atoms with Crippen molar-refractivity contribution in [3.05, 3.63) is 53.8 Å². The van der Waals surface area contributed by atoms with E-state index in [1.54, 1.807) is 36.5 Å². The molecule has 0 fully saturated rings. The fourth-order valence-electron chi connectivity index (χ4n) is 1.78. The lowest BCUT2D eigenvalue weighted by Gasteiger charge is -2.14. The lowest BCUT2D eigenvalue weighted by atomic mass is 10.2. The second-order valence-electron chi connectivity index (χ2n) is 4.74. The van der Waals surface area contributed by atoms with Crippen LogP contribution in [0, 0.1) is 5.82 Å². The summed E-state index contributed by atoms with van der Waals surface area (Å²) < 4.78 is 23.4. The van der Waals surface area contributed by atoms with E-state index in [0.717, 1.165) is 5.56 Å².